The zero-order valence-corrected chi connectivity index (χ0v) is 24.7. The number of nitrogens with zero attached hydrogens (tertiary/aromatic N) is 1. The molecule has 5 atom stereocenters. The number of likely N-dealkylation sites (N-methyl/N-ethyl adjacent to an activating group) is 1. The number of ether oxygens (including phenoxy) is 8. The predicted octanol–water partition coefficient (Wildman–Crippen LogP) is 2.73. The second-order valence-electron chi connectivity index (χ2n) is 9.90. The summed E-state index contributed by atoms with van der Waals surface area (Å²) in [7, 11) is 10.8. The summed E-state index contributed by atoms with van der Waals surface area (Å²) >= 11 is 0. The summed E-state index contributed by atoms with van der Waals surface area (Å²) in [5.74, 6) is 1.11. The van der Waals surface area contributed by atoms with Gasteiger partial charge in [-0.3, -0.25) is 4.90 Å². The number of rotatable bonds is 11. The molecule has 0 radical (unpaired) electrons. The molecule has 12 nitrogen and oxygen atoms in total. The number of hydrogen-bond donors (Lipinski definition) is 1. The van der Waals surface area contributed by atoms with Crippen LogP contribution in [0.1, 0.15) is 28.8 Å². The highest BCUT2D eigenvalue weighted by atomic mass is 16.6. The van der Waals surface area contributed by atoms with E-state index in [9.17, 15) is 14.7 Å². The van der Waals surface area contributed by atoms with Crippen molar-refractivity contribution >= 4 is 18.0 Å². The van der Waals surface area contributed by atoms with Gasteiger partial charge in [0.05, 0.1) is 54.3 Å². The fourth-order valence-electron chi connectivity index (χ4n) is 5.61. The Kier molecular flexibility index (Phi) is 9.69. The Morgan fingerprint density at radius 2 is 1.26 bits per heavy atom. The van der Waals surface area contributed by atoms with Gasteiger partial charge in [0, 0.05) is 25.0 Å². The minimum atomic E-state index is -0.968. The van der Waals surface area contributed by atoms with E-state index < -0.39 is 30.3 Å². The summed E-state index contributed by atoms with van der Waals surface area (Å²) in [4.78, 5) is 27.9. The SMILES string of the molecule is COc1cc(C=CC(=O)O[C@@H]2C[C@@H]3[C@@H](OC(=O)c4cc(OC)c(OC)c(OC)c4)[C@@H](O)[C@H](C2)N3C)cc(OC)c1OC. The highest BCUT2D eigenvalue weighted by molar-refractivity contribution is 5.91. The minimum Gasteiger partial charge on any atom is -0.493 e. The smallest absolute Gasteiger partial charge is 0.338 e. The molecule has 42 heavy (non-hydrogen) atoms. The third kappa shape index (κ3) is 6.04. The molecule has 2 bridgehead atoms. The highest BCUT2D eigenvalue weighted by Gasteiger charge is 2.54. The van der Waals surface area contributed by atoms with Crippen molar-refractivity contribution in [3.63, 3.8) is 0 Å². The van der Waals surface area contributed by atoms with E-state index in [1.54, 1.807) is 18.2 Å². The van der Waals surface area contributed by atoms with Crippen LogP contribution >= 0.6 is 0 Å². The van der Waals surface area contributed by atoms with Crippen molar-refractivity contribution in [1.29, 1.82) is 0 Å². The number of methoxy groups -OCH3 is 6. The van der Waals surface area contributed by atoms with Gasteiger partial charge in [-0.25, -0.2) is 9.59 Å². The summed E-state index contributed by atoms with van der Waals surface area (Å²) in [6.45, 7) is 0. The molecule has 2 aliphatic heterocycles. The molecule has 2 heterocycles. The quantitative estimate of drug-likeness (QED) is 0.306. The van der Waals surface area contributed by atoms with Gasteiger partial charge in [-0.1, -0.05) is 0 Å². The molecule has 2 fully saturated rings. The molecular weight excluding hydrogens is 550 g/mol. The van der Waals surface area contributed by atoms with Crippen LogP contribution in [0.25, 0.3) is 6.08 Å². The number of piperidine rings is 1. The van der Waals surface area contributed by atoms with E-state index in [0.717, 1.165) is 0 Å². The molecule has 2 aliphatic rings. The number of hydrogen-bond acceptors (Lipinski definition) is 12. The zero-order chi connectivity index (χ0) is 30.6. The van der Waals surface area contributed by atoms with Gasteiger partial charge in [0.2, 0.25) is 11.5 Å². The Labute approximate surface area is 244 Å². The lowest BCUT2D eigenvalue weighted by molar-refractivity contribution is -0.146. The van der Waals surface area contributed by atoms with Crippen molar-refractivity contribution in [1.82, 2.24) is 4.90 Å². The van der Waals surface area contributed by atoms with Crippen molar-refractivity contribution in [2.24, 2.45) is 0 Å². The second-order valence-corrected chi connectivity index (χ2v) is 9.90. The molecule has 1 N–H and O–H groups in total. The van der Waals surface area contributed by atoms with Gasteiger partial charge in [0.15, 0.2) is 23.0 Å². The van der Waals surface area contributed by atoms with E-state index in [1.165, 1.54) is 60.9 Å². The second kappa shape index (κ2) is 13.2. The van der Waals surface area contributed by atoms with Gasteiger partial charge in [0.1, 0.15) is 18.3 Å². The molecule has 2 saturated heterocycles. The molecule has 0 saturated carbocycles. The van der Waals surface area contributed by atoms with Crippen molar-refractivity contribution in [2.45, 2.75) is 43.2 Å². The lowest BCUT2D eigenvalue weighted by Gasteiger charge is -2.35. The van der Waals surface area contributed by atoms with Gasteiger partial charge in [0.25, 0.3) is 0 Å². The minimum absolute atomic E-state index is 0.181. The summed E-state index contributed by atoms with van der Waals surface area (Å²) in [6, 6.07) is 5.69. The molecule has 0 spiro atoms. The Morgan fingerprint density at radius 3 is 1.76 bits per heavy atom. The summed E-state index contributed by atoms with van der Waals surface area (Å²) < 4.78 is 43.6. The van der Waals surface area contributed by atoms with Crippen molar-refractivity contribution < 1.29 is 52.6 Å². The van der Waals surface area contributed by atoms with E-state index in [0.29, 0.717) is 52.9 Å². The first-order valence-corrected chi connectivity index (χ1v) is 13.3. The Bertz CT molecular complexity index is 1280. The molecule has 2 aromatic carbocycles. The van der Waals surface area contributed by atoms with Crippen LogP contribution in [0.4, 0.5) is 0 Å². The highest BCUT2D eigenvalue weighted by Crippen LogP contribution is 2.41. The summed E-state index contributed by atoms with van der Waals surface area (Å²) in [5.41, 5.74) is 0.833. The van der Waals surface area contributed by atoms with Gasteiger partial charge >= 0.3 is 11.9 Å². The maximum Gasteiger partial charge on any atom is 0.338 e. The number of benzene rings is 2. The molecule has 0 aromatic heterocycles. The van der Waals surface area contributed by atoms with Gasteiger partial charge in [-0.2, -0.15) is 0 Å². The fourth-order valence-corrected chi connectivity index (χ4v) is 5.61. The van der Waals surface area contributed by atoms with Crippen LogP contribution in [0, 0.1) is 0 Å². The Hall–Kier alpha value is -4.16. The van der Waals surface area contributed by atoms with Crippen LogP contribution in [0.2, 0.25) is 0 Å². The molecular formula is C30H37NO11. The average Bonchev–Trinajstić information content (AvgIpc) is 3.12. The topological polar surface area (TPSA) is 131 Å². The maximum absolute atomic E-state index is 13.2. The molecule has 12 heteroatoms. The molecule has 0 aliphatic carbocycles. The predicted molar refractivity (Wildman–Crippen MR) is 151 cm³/mol. The van der Waals surface area contributed by atoms with Crippen LogP contribution in [0.3, 0.4) is 0 Å². The van der Waals surface area contributed by atoms with E-state index in [2.05, 4.69) is 0 Å². The van der Waals surface area contributed by atoms with E-state index >= 15 is 0 Å². The van der Waals surface area contributed by atoms with Crippen LogP contribution in [-0.2, 0) is 14.3 Å². The zero-order valence-electron chi connectivity index (χ0n) is 24.7. The lowest BCUT2D eigenvalue weighted by atomic mass is 10.00. The first-order valence-electron chi connectivity index (χ1n) is 13.3. The lowest BCUT2D eigenvalue weighted by Crippen LogP contribution is -2.46. The van der Waals surface area contributed by atoms with Gasteiger partial charge in [-0.05, 0) is 43.0 Å². The molecule has 4 rings (SSSR count). The molecule has 228 valence electrons. The van der Waals surface area contributed by atoms with Crippen LogP contribution in [0.5, 0.6) is 34.5 Å². The fraction of sp³-hybridized carbons (Fsp3) is 0.467. The molecule has 0 unspecified atom stereocenters. The van der Waals surface area contributed by atoms with Gasteiger partial charge < -0.3 is 43.0 Å². The Morgan fingerprint density at radius 1 is 0.762 bits per heavy atom. The monoisotopic (exact) mass is 587 g/mol. The van der Waals surface area contributed by atoms with Crippen LogP contribution in [-0.4, -0.2) is 102 Å². The molecule has 2 aromatic rings. The van der Waals surface area contributed by atoms with Crippen molar-refractivity contribution in [2.75, 3.05) is 49.7 Å². The first-order chi connectivity index (χ1) is 20.2. The van der Waals surface area contributed by atoms with E-state index in [-0.39, 0.29) is 17.6 Å². The third-order valence-corrected chi connectivity index (χ3v) is 7.69. The number of aliphatic hydroxyl groups excluding tert-OH is 1. The molecule has 0 amide bonds. The number of esters is 2. The van der Waals surface area contributed by atoms with Crippen molar-refractivity contribution in [3.05, 3.63) is 41.5 Å². The number of aliphatic hydroxyl groups is 1. The maximum atomic E-state index is 13.2. The summed E-state index contributed by atoms with van der Waals surface area (Å²) in [5, 5.41) is 11.1. The van der Waals surface area contributed by atoms with Crippen molar-refractivity contribution in [3.8, 4) is 34.5 Å². The average molecular weight is 588 g/mol. The Balaban J connectivity index is 1.44. The third-order valence-electron chi connectivity index (χ3n) is 7.69. The van der Waals surface area contributed by atoms with E-state index in [1.807, 2.05) is 11.9 Å². The summed E-state index contributed by atoms with van der Waals surface area (Å²) in [6.07, 6.45) is 1.39. The first kappa shape index (κ1) is 30.8. The normalized spacial score (nSPS) is 23.3. The van der Waals surface area contributed by atoms with Crippen LogP contribution in [0.15, 0.2) is 30.3 Å². The van der Waals surface area contributed by atoms with E-state index in [4.69, 9.17) is 37.9 Å². The largest absolute Gasteiger partial charge is 0.493 e. The number of carbonyl (C=O) groups excluding carboxylic acids is 2. The van der Waals surface area contributed by atoms with Crippen LogP contribution < -0.4 is 28.4 Å². The standard InChI is InChI=1S/C30H37NO11/c1-31-19-14-18(41-25(32)9-8-16-10-21(35-2)28(39-6)22(11-16)36-3)15-20(31)27(26(19)33)42-30(34)17-12-23(37-4)29(40-7)24(13-17)38-5/h8-13,18-20,26-27,33H,14-15H2,1-7H3/t18-,19-,20+,26-,27+/m0/s1. The number of fused-ring (bicyclic) bond motifs is 2. The number of carbonyl (C=O) groups is 2. The van der Waals surface area contributed by atoms with Gasteiger partial charge in [-0.15, -0.1) is 0 Å².